The van der Waals surface area contributed by atoms with E-state index < -0.39 is 5.97 Å². The van der Waals surface area contributed by atoms with Crippen LogP contribution in [0.4, 0.5) is 0 Å². The number of ether oxygens (including phenoxy) is 3. The number of carbonyl (C=O) groups is 1. The number of halogens is 1. The molecule has 1 aliphatic rings. The summed E-state index contributed by atoms with van der Waals surface area (Å²) in [6.07, 6.45) is 1.70. The van der Waals surface area contributed by atoms with Gasteiger partial charge >= 0.3 is 5.97 Å². The Morgan fingerprint density at radius 2 is 1.84 bits per heavy atom. The summed E-state index contributed by atoms with van der Waals surface area (Å²) >= 11 is 2.22. The normalized spacial score (nSPS) is 14.3. The Balaban J connectivity index is 1.61. The van der Waals surface area contributed by atoms with E-state index in [1.165, 1.54) is 5.56 Å². The molecule has 3 aromatic carbocycles. The predicted molar refractivity (Wildman–Crippen MR) is 133 cm³/mol. The third kappa shape index (κ3) is 5.19. The topological polar surface area (TPSA) is 57.1 Å². The average molecular weight is 539 g/mol. The Labute approximate surface area is 200 Å². The maximum atomic E-state index is 12.3. The zero-order valence-corrected chi connectivity index (χ0v) is 20.0. The van der Waals surface area contributed by atoms with Crippen LogP contribution in [0.3, 0.4) is 0 Å². The van der Waals surface area contributed by atoms with Crippen molar-refractivity contribution in [2.75, 3.05) is 6.61 Å². The van der Waals surface area contributed by atoms with Gasteiger partial charge in [-0.15, -0.1) is 0 Å². The molecule has 4 rings (SSSR count). The lowest BCUT2D eigenvalue weighted by Gasteiger charge is -2.15. The number of rotatable bonds is 7. The molecule has 0 radical (unpaired) electrons. The number of esters is 1. The van der Waals surface area contributed by atoms with Crippen LogP contribution in [0, 0.1) is 10.5 Å². The maximum Gasteiger partial charge on any atom is 0.363 e. The molecule has 0 saturated carbocycles. The van der Waals surface area contributed by atoms with Gasteiger partial charge in [0.1, 0.15) is 6.61 Å². The Morgan fingerprint density at radius 3 is 2.59 bits per heavy atom. The Morgan fingerprint density at radius 1 is 1.03 bits per heavy atom. The molecule has 1 heterocycles. The second kappa shape index (κ2) is 9.99. The van der Waals surface area contributed by atoms with Crippen LogP contribution in [-0.4, -0.2) is 18.5 Å². The number of nitrogens with zero attached hydrogens (tertiary/aromatic N) is 1. The lowest BCUT2D eigenvalue weighted by Crippen LogP contribution is -2.05. The van der Waals surface area contributed by atoms with Crippen molar-refractivity contribution in [2.24, 2.45) is 4.99 Å². The van der Waals surface area contributed by atoms with E-state index in [9.17, 15) is 4.79 Å². The summed E-state index contributed by atoms with van der Waals surface area (Å²) in [7, 11) is 0. The van der Waals surface area contributed by atoms with E-state index in [-0.39, 0.29) is 5.70 Å². The lowest BCUT2D eigenvalue weighted by atomic mass is 10.1. The number of hydrogen-bond donors (Lipinski definition) is 0. The summed E-state index contributed by atoms with van der Waals surface area (Å²) in [6.45, 7) is 4.92. The summed E-state index contributed by atoms with van der Waals surface area (Å²) in [5.41, 5.74) is 4.06. The highest BCUT2D eigenvalue weighted by Gasteiger charge is 2.24. The second-order valence-electron chi connectivity index (χ2n) is 7.24. The molecule has 1 aliphatic heterocycles. The van der Waals surface area contributed by atoms with Crippen molar-refractivity contribution in [1.29, 1.82) is 0 Å². The highest BCUT2D eigenvalue weighted by Crippen LogP contribution is 2.36. The minimum absolute atomic E-state index is 0.246. The van der Waals surface area contributed by atoms with E-state index in [1.54, 1.807) is 6.08 Å². The molecular formula is C26H22INO4. The van der Waals surface area contributed by atoms with Crippen molar-refractivity contribution in [2.45, 2.75) is 20.5 Å². The molecule has 0 unspecified atom stereocenters. The maximum absolute atomic E-state index is 12.3. The third-order valence-electron chi connectivity index (χ3n) is 4.74. The summed E-state index contributed by atoms with van der Waals surface area (Å²) < 4.78 is 18.2. The van der Waals surface area contributed by atoms with E-state index >= 15 is 0 Å². The molecule has 0 aliphatic carbocycles. The number of carbonyl (C=O) groups excluding carboxylic acids is 1. The zero-order chi connectivity index (χ0) is 22.5. The van der Waals surface area contributed by atoms with Gasteiger partial charge in [0, 0.05) is 5.56 Å². The van der Waals surface area contributed by atoms with E-state index in [0.717, 1.165) is 20.3 Å². The molecule has 6 heteroatoms. The van der Waals surface area contributed by atoms with Gasteiger partial charge in [-0.2, -0.15) is 0 Å². The first-order valence-electron chi connectivity index (χ1n) is 10.3. The van der Waals surface area contributed by atoms with Crippen molar-refractivity contribution >= 4 is 40.5 Å². The summed E-state index contributed by atoms with van der Waals surface area (Å²) in [5.74, 6) is 1.13. The standard InChI is InChI=1S/C26H22INO4/c1-3-30-23-15-19(13-21(27)24(23)31-16-18-9-7-8-17(2)12-18)14-22-26(29)32-25(28-22)20-10-5-4-6-11-20/h4-15H,3,16H2,1-2H3/b22-14-. The molecule has 0 bridgehead atoms. The SMILES string of the molecule is CCOc1cc(/C=C2\N=C(c3ccccc3)OC2=O)cc(I)c1OCc1cccc(C)c1. The molecule has 162 valence electrons. The van der Waals surface area contributed by atoms with Crippen LogP contribution in [-0.2, 0) is 16.1 Å². The van der Waals surface area contributed by atoms with E-state index in [1.807, 2.05) is 61.5 Å². The summed E-state index contributed by atoms with van der Waals surface area (Å²) in [4.78, 5) is 16.7. The highest BCUT2D eigenvalue weighted by molar-refractivity contribution is 14.1. The summed E-state index contributed by atoms with van der Waals surface area (Å²) in [6, 6.07) is 21.3. The fourth-order valence-electron chi connectivity index (χ4n) is 3.30. The fraction of sp³-hybridized carbons (Fsp3) is 0.154. The zero-order valence-electron chi connectivity index (χ0n) is 17.8. The second-order valence-corrected chi connectivity index (χ2v) is 8.40. The van der Waals surface area contributed by atoms with Gasteiger partial charge in [0.2, 0.25) is 5.90 Å². The minimum Gasteiger partial charge on any atom is -0.490 e. The van der Waals surface area contributed by atoms with Gasteiger partial charge in [-0.3, -0.25) is 0 Å². The van der Waals surface area contributed by atoms with Gasteiger partial charge in [0.05, 0.1) is 10.2 Å². The number of hydrogen-bond acceptors (Lipinski definition) is 5. The van der Waals surface area contributed by atoms with Gasteiger partial charge in [-0.1, -0.05) is 48.0 Å². The first kappa shape index (κ1) is 22.1. The van der Waals surface area contributed by atoms with E-state index in [0.29, 0.717) is 30.6 Å². The molecule has 32 heavy (non-hydrogen) atoms. The monoisotopic (exact) mass is 539 g/mol. The molecule has 0 aromatic heterocycles. The van der Waals surface area contributed by atoms with E-state index in [2.05, 4.69) is 46.6 Å². The van der Waals surface area contributed by atoms with Crippen molar-refractivity contribution in [3.8, 4) is 11.5 Å². The number of aliphatic imine (C=N–C) groups is 1. The Hall–Kier alpha value is -3.13. The van der Waals surface area contributed by atoms with Crippen LogP contribution >= 0.6 is 22.6 Å². The number of cyclic esters (lactones) is 1. The predicted octanol–water partition coefficient (Wildman–Crippen LogP) is 5.92. The molecule has 0 amide bonds. The van der Waals surface area contributed by atoms with Crippen LogP contribution in [0.25, 0.3) is 6.08 Å². The number of aryl methyl sites for hydroxylation is 1. The fourth-order valence-corrected chi connectivity index (χ4v) is 4.08. The van der Waals surface area contributed by atoms with Gasteiger partial charge in [0.25, 0.3) is 0 Å². The average Bonchev–Trinajstić information content (AvgIpc) is 3.14. The van der Waals surface area contributed by atoms with Gasteiger partial charge < -0.3 is 14.2 Å². The van der Waals surface area contributed by atoms with Crippen molar-refractivity contribution in [3.63, 3.8) is 0 Å². The lowest BCUT2D eigenvalue weighted by molar-refractivity contribution is -0.129. The molecule has 0 N–H and O–H groups in total. The van der Waals surface area contributed by atoms with Gasteiger partial charge in [-0.25, -0.2) is 9.79 Å². The Kier molecular flexibility index (Phi) is 6.90. The van der Waals surface area contributed by atoms with Crippen molar-refractivity contribution < 1.29 is 19.0 Å². The smallest absolute Gasteiger partial charge is 0.363 e. The van der Waals surface area contributed by atoms with Crippen LogP contribution < -0.4 is 9.47 Å². The molecule has 0 atom stereocenters. The first-order chi connectivity index (χ1) is 15.5. The van der Waals surface area contributed by atoms with Crippen molar-refractivity contribution in [3.05, 3.63) is 98.3 Å². The third-order valence-corrected chi connectivity index (χ3v) is 5.54. The molecule has 5 nitrogen and oxygen atoms in total. The molecule has 0 spiro atoms. The van der Waals surface area contributed by atoms with Gasteiger partial charge in [0.15, 0.2) is 17.2 Å². The summed E-state index contributed by atoms with van der Waals surface area (Å²) in [5, 5.41) is 0. The first-order valence-corrected chi connectivity index (χ1v) is 11.3. The quantitative estimate of drug-likeness (QED) is 0.213. The van der Waals surface area contributed by atoms with Crippen LogP contribution in [0.15, 0.2) is 77.4 Å². The highest BCUT2D eigenvalue weighted by atomic mass is 127. The van der Waals surface area contributed by atoms with Gasteiger partial charge in [-0.05, 0) is 77.9 Å². The molecule has 0 fully saturated rings. The molecular weight excluding hydrogens is 517 g/mol. The molecule has 0 saturated heterocycles. The van der Waals surface area contributed by atoms with Crippen molar-refractivity contribution in [1.82, 2.24) is 0 Å². The Bertz CT molecular complexity index is 1200. The van der Waals surface area contributed by atoms with E-state index in [4.69, 9.17) is 14.2 Å². The molecule has 3 aromatic rings. The van der Waals surface area contributed by atoms with Crippen LogP contribution in [0.5, 0.6) is 11.5 Å². The van der Waals surface area contributed by atoms with Crippen LogP contribution in [0.1, 0.15) is 29.2 Å². The number of benzene rings is 3. The minimum atomic E-state index is -0.475. The largest absolute Gasteiger partial charge is 0.490 e. The van der Waals surface area contributed by atoms with Crippen LogP contribution in [0.2, 0.25) is 0 Å².